The van der Waals surface area contributed by atoms with Crippen LogP contribution in [-0.2, 0) is 9.59 Å². The molecule has 0 aliphatic rings. The zero-order chi connectivity index (χ0) is 20.0. The molecule has 10 heteroatoms. The van der Waals surface area contributed by atoms with E-state index in [0.717, 1.165) is 25.9 Å². The molecular formula is C15H34N6O4. The van der Waals surface area contributed by atoms with Gasteiger partial charge in [0.1, 0.15) is 6.04 Å². The Labute approximate surface area is 149 Å². The van der Waals surface area contributed by atoms with Crippen LogP contribution in [0.4, 0.5) is 4.79 Å². The first-order valence-electron chi connectivity index (χ1n) is 8.10. The van der Waals surface area contributed by atoms with Gasteiger partial charge >= 0.3 is 6.09 Å². The average molecular weight is 362 g/mol. The summed E-state index contributed by atoms with van der Waals surface area (Å²) < 4.78 is 0. The predicted octanol–water partition coefficient (Wildman–Crippen LogP) is -1.41. The minimum absolute atomic E-state index is 0.413. The zero-order valence-electron chi connectivity index (χ0n) is 15.7. The Kier molecular flexibility index (Phi) is 14.6. The highest BCUT2D eigenvalue weighted by molar-refractivity contribution is 5.83. The maximum absolute atomic E-state index is 10.8. The summed E-state index contributed by atoms with van der Waals surface area (Å²) in [6.07, 6.45) is 1.52. The van der Waals surface area contributed by atoms with E-state index in [1.165, 1.54) is 0 Å². The first-order valence-corrected chi connectivity index (χ1v) is 8.10. The fourth-order valence-electron chi connectivity index (χ4n) is 1.82. The Hall–Kier alpha value is -1.91. The van der Waals surface area contributed by atoms with Gasteiger partial charge in [-0.3, -0.25) is 9.59 Å². The molecule has 25 heavy (non-hydrogen) atoms. The lowest BCUT2D eigenvalue weighted by atomic mass is 10.1. The number of primary amides is 2. The third-order valence-electron chi connectivity index (χ3n) is 3.23. The molecule has 0 saturated heterocycles. The van der Waals surface area contributed by atoms with Gasteiger partial charge in [-0.05, 0) is 67.0 Å². The van der Waals surface area contributed by atoms with E-state index in [1.54, 1.807) is 0 Å². The molecule has 8 N–H and O–H groups in total. The molecule has 0 aliphatic carbocycles. The van der Waals surface area contributed by atoms with Gasteiger partial charge in [0.25, 0.3) is 0 Å². The molecule has 0 radical (unpaired) electrons. The summed E-state index contributed by atoms with van der Waals surface area (Å²) in [7, 11) is 7.78. The minimum atomic E-state index is -1.22. The second-order valence-corrected chi connectivity index (χ2v) is 6.30. The molecular weight excluding hydrogens is 328 g/mol. The van der Waals surface area contributed by atoms with Gasteiger partial charge in [0, 0.05) is 0 Å². The molecule has 0 aromatic rings. The average Bonchev–Trinajstić information content (AvgIpc) is 2.45. The van der Waals surface area contributed by atoms with Crippen LogP contribution in [-0.4, -0.2) is 86.2 Å². The van der Waals surface area contributed by atoms with Crippen LogP contribution in [0.5, 0.6) is 0 Å². The second-order valence-electron chi connectivity index (χ2n) is 6.30. The third kappa shape index (κ3) is 18.3. The van der Waals surface area contributed by atoms with Crippen molar-refractivity contribution in [3.63, 3.8) is 0 Å². The lowest BCUT2D eigenvalue weighted by molar-refractivity contribution is -0.120. The van der Waals surface area contributed by atoms with Crippen LogP contribution in [0, 0.1) is 0 Å². The van der Waals surface area contributed by atoms with Crippen molar-refractivity contribution in [2.75, 3.05) is 41.3 Å². The van der Waals surface area contributed by atoms with Crippen molar-refractivity contribution in [1.29, 1.82) is 0 Å². The maximum Gasteiger partial charge on any atom is 0.405 e. The maximum atomic E-state index is 10.8. The molecule has 0 aromatic heterocycles. The first-order chi connectivity index (χ1) is 11.5. The highest BCUT2D eigenvalue weighted by atomic mass is 16.4. The van der Waals surface area contributed by atoms with E-state index < -0.39 is 30.0 Å². The number of carbonyl (C=O) groups excluding carboxylic acids is 2. The topological polar surface area (TPSA) is 168 Å². The van der Waals surface area contributed by atoms with Crippen molar-refractivity contribution in [3.05, 3.63) is 0 Å². The molecule has 0 fully saturated rings. The highest BCUT2D eigenvalue weighted by Crippen LogP contribution is 1.97. The zero-order valence-corrected chi connectivity index (χ0v) is 15.7. The van der Waals surface area contributed by atoms with Crippen LogP contribution in [0.3, 0.4) is 0 Å². The minimum Gasteiger partial charge on any atom is -0.465 e. The second kappa shape index (κ2) is 14.4. The molecule has 0 spiro atoms. The summed E-state index contributed by atoms with van der Waals surface area (Å²) in [5.41, 5.74) is 15.4. The smallest absolute Gasteiger partial charge is 0.405 e. The molecule has 2 atom stereocenters. The van der Waals surface area contributed by atoms with Gasteiger partial charge < -0.3 is 37.4 Å². The Morgan fingerprint density at radius 3 is 1.68 bits per heavy atom. The number of rotatable bonds is 11. The van der Waals surface area contributed by atoms with E-state index in [4.69, 9.17) is 22.3 Å². The molecule has 148 valence electrons. The Bertz CT molecular complexity index is 403. The van der Waals surface area contributed by atoms with E-state index >= 15 is 0 Å². The van der Waals surface area contributed by atoms with Crippen LogP contribution in [0.2, 0.25) is 0 Å². The van der Waals surface area contributed by atoms with Crippen molar-refractivity contribution < 1.29 is 19.5 Å². The Morgan fingerprint density at radius 1 is 0.920 bits per heavy atom. The van der Waals surface area contributed by atoms with Crippen molar-refractivity contribution in [1.82, 2.24) is 15.1 Å². The summed E-state index contributed by atoms with van der Waals surface area (Å²) in [6.45, 7) is 1.74. The summed E-state index contributed by atoms with van der Waals surface area (Å²) in [5.74, 6) is -1.05. The van der Waals surface area contributed by atoms with Crippen molar-refractivity contribution in [2.45, 2.75) is 37.8 Å². The Morgan fingerprint density at radius 2 is 1.36 bits per heavy atom. The van der Waals surface area contributed by atoms with Gasteiger partial charge in [0.2, 0.25) is 11.8 Å². The number of amides is 3. The molecule has 3 amide bonds. The van der Waals surface area contributed by atoms with Gasteiger partial charge in [-0.2, -0.15) is 0 Å². The molecule has 1 unspecified atom stereocenters. The van der Waals surface area contributed by atoms with Gasteiger partial charge in [-0.15, -0.1) is 0 Å². The number of hydrogen-bond acceptors (Lipinski definition) is 6. The van der Waals surface area contributed by atoms with Gasteiger partial charge in [0.15, 0.2) is 0 Å². The van der Waals surface area contributed by atoms with E-state index in [2.05, 4.69) is 5.32 Å². The molecule has 0 bridgehead atoms. The van der Waals surface area contributed by atoms with Gasteiger partial charge in [-0.25, -0.2) is 4.79 Å². The fraction of sp³-hybridized carbons (Fsp3) is 0.800. The van der Waals surface area contributed by atoms with E-state index in [1.807, 2.05) is 38.0 Å². The highest BCUT2D eigenvalue weighted by Gasteiger charge is 2.16. The van der Waals surface area contributed by atoms with Gasteiger partial charge in [0.05, 0.1) is 6.04 Å². The van der Waals surface area contributed by atoms with Crippen LogP contribution >= 0.6 is 0 Å². The van der Waals surface area contributed by atoms with Crippen molar-refractivity contribution in [3.8, 4) is 0 Å². The number of hydrogen-bond donors (Lipinski definition) is 5. The SMILES string of the molecule is CN(C)CCCC(NC(=O)O)C(N)=O.CN(C)CCC[C@H](N)C(N)=O. The summed E-state index contributed by atoms with van der Waals surface area (Å²) in [4.78, 5) is 35.5. The largest absolute Gasteiger partial charge is 0.465 e. The monoisotopic (exact) mass is 362 g/mol. The van der Waals surface area contributed by atoms with E-state index in [9.17, 15) is 14.4 Å². The number of carbonyl (C=O) groups is 3. The summed E-state index contributed by atoms with van der Waals surface area (Å²) in [6, 6.07) is -1.26. The van der Waals surface area contributed by atoms with Crippen molar-refractivity contribution >= 4 is 17.9 Å². The normalized spacial score (nSPS) is 12.9. The number of carboxylic acid groups (broad SMARTS) is 1. The number of nitrogens with one attached hydrogen (secondary N) is 1. The molecule has 0 saturated carbocycles. The quantitative estimate of drug-likeness (QED) is 0.301. The number of nitrogens with two attached hydrogens (primary N) is 3. The predicted molar refractivity (Wildman–Crippen MR) is 96.9 cm³/mol. The van der Waals surface area contributed by atoms with Crippen LogP contribution in [0.15, 0.2) is 0 Å². The van der Waals surface area contributed by atoms with Crippen LogP contribution in [0.1, 0.15) is 25.7 Å². The standard InChI is InChI=1S/C8H17N3O3.C7H17N3O/c1-11(2)5-3-4-6(7(9)12)10-8(13)14;1-10(2)5-3-4-6(8)7(9)11/h6,10H,3-5H2,1-2H3,(H2,9,12)(H,13,14);6H,3-5,8H2,1-2H3,(H2,9,11)/t;6-/m.0/s1. The molecule has 10 nitrogen and oxygen atoms in total. The molecule has 0 heterocycles. The fourth-order valence-corrected chi connectivity index (χ4v) is 1.82. The summed E-state index contributed by atoms with van der Waals surface area (Å²) >= 11 is 0. The van der Waals surface area contributed by atoms with Crippen molar-refractivity contribution in [2.24, 2.45) is 17.2 Å². The molecule has 0 aromatic carbocycles. The molecule has 0 rings (SSSR count). The van der Waals surface area contributed by atoms with E-state index in [-0.39, 0.29) is 0 Å². The number of nitrogens with zero attached hydrogens (tertiary/aromatic N) is 2. The molecule has 0 aliphatic heterocycles. The summed E-state index contributed by atoms with van der Waals surface area (Å²) in [5, 5.41) is 10.5. The first kappa shape index (κ1) is 25.3. The van der Waals surface area contributed by atoms with Crippen LogP contribution in [0.25, 0.3) is 0 Å². The Balaban J connectivity index is 0. The van der Waals surface area contributed by atoms with Gasteiger partial charge in [-0.1, -0.05) is 0 Å². The van der Waals surface area contributed by atoms with E-state index in [0.29, 0.717) is 12.8 Å². The van der Waals surface area contributed by atoms with Crippen LogP contribution < -0.4 is 22.5 Å². The lowest BCUT2D eigenvalue weighted by Gasteiger charge is -2.14. The lowest BCUT2D eigenvalue weighted by Crippen LogP contribution is -2.44. The third-order valence-corrected chi connectivity index (χ3v) is 3.23.